The standard InChI is InChI=1S/C16H26N2/c1-4-13-6-8-14(9-7-13)16(5-2)18(3)15-10-11-17-12-15/h6-9,15-17H,4-5,10-12H2,1-3H3. The summed E-state index contributed by atoms with van der Waals surface area (Å²) in [5, 5.41) is 3.46. The van der Waals surface area contributed by atoms with Crippen LogP contribution in [0.15, 0.2) is 24.3 Å². The van der Waals surface area contributed by atoms with Gasteiger partial charge in [-0.15, -0.1) is 0 Å². The molecule has 18 heavy (non-hydrogen) atoms. The Morgan fingerprint density at radius 1 is 1.28 bits per heavy atom. The predicted molar refractivity (Wildman–Crippen MR) is 77.9 cm³/mol. The van der Waals surface area contributed by atoms with Gasteiger partial charge in [0.05, 0.1) is 0 Å². The molecule has 1 aromatic carbocycles. The van der Waals surface area contributed by atoms with E-state index in [1.165, 1.54) is 30.5 Å². The summed E-state index contributed by atoms with van der Waals surface area (Å²) >= 11 is 0. The van der Waals surface area contributed by atoms with Crippen molar-refractivity contribution in [1.82, 2.24) is 10.2 Å². The van der Waals surface area contributed by atoms with E-state index in [1.54, 1.807) is 0 Å². The number of hydrogen-bond donors (Lipinski definition) is 1. The van der Waals surface area contributed by atoms with Crippen LogP contribution in [0.1, 0.15) is 43.9 Å². The van der Waals surface area contributed by atoms with Gasteiger partial charge in [-0.3, -0.25) is 4.90 Å². The maximum Gasteiger partial charge on any atom is 0.0345 e. The molecule has 0 amide bonds. The Hall–Kier alpha value is -0.860. The first-order chi connectivity index (χ1) is 8.76. The molecule has 100 valence electrons. The van der Waals surface area contributed by atoms with Crippen LogP contribution in [0.5, 0.6) is 0 Å². The van der Waals surface area contributed by atoms with E-state index in [1.807, 2.05) is 0 Å². The minimum absolute atomic E-state index is 0.556. The van der Waals surface area contributed by atoms with Crippen LogP contribution in [0.4, 0.5) is 0 Å². The lowest BCUT2D eigenvalue weighted by Crippen LogP contribution is -2.36. The third-order valence-corrected chi connectivity index (χ3v) is 4.26. The summed E-state index contributed by atoms with van der Waals surface area (Å²) in [5.74, 6) is 0. The molecule has 0 aromatic heterocycles. The van der Waals surface area contributed by atoms with E-state index in [0.717, 1.165) is 13.0 Å². The number of benzene rings is 1. The summed E-state index contributed by atoms with van der Waals surface area (Å²) < 4.78 is 0. The average molecular weight is 246 g/mol. The lowest BCUT2D eigenvalue weighted by molar-refractivity contribution is 0.179. The molecule has 0 radical (unpaired) electrons. The number of nitrogens with zero attached hydrogens (tertiary/aromatic N) is 1. The lowest BCUT2D eigenvalue weighted by atomic mass is 9.99. The van der Waals surface area contributed by atoms with Crippen LogP contribution in [-0.2, 0) is 6.42 Å². The zero-order chi connectivity index (χ0) is 13.0. The number of hydrogen-bond acceptors (Lipinski definition) is 2. The zero-order valence-corrected chi connectivity index (χ0v) is 11.9. The minimum atomic E-state index is 0.556. The topological polar surface area (TPSA) is 15.3 Å². The van der Waals surface area contributed by atoms with E-state index >= 15 is 0 Å². The largest absolute Gasteiger partial charge is 0.315 e. The second-order valence-corrected chi connectivity index (χ2v) is 5.33. The molecule has 2 heteroatoms. The molecule has 0 aliphatic carbocycles. The molecule has 0 bridgehead atoms. The molecule has 1 fully saturated rings. The van der Waals surface area contributed by atoms with Gasteiger partial charge in [-0.25, -0.2) is 0 Å². The Balaban J connectivity index is 2.10. The molecular weight excluding hydrogens is 220 g/mol. The molecule has 0 saturated carbocycles. The number of likely N-dealkylation sites (N-methyl/N-ethyl adjacent to an activating group) is 1. The maximum absolute atomic E-state index is 3.46. The van der Waals surface area contributed by atoms with E-state index in [0.29, 0.717) is 12.1 Å². The van der Waals surface area contributed by atoms with E-state index in [9.17, 15) is 0 Å². The van der Waals surface area contributed by atoms with Crippen molar-refractivity contribution in [2.45, 2.75) is 45.2 Å². The van der Waals surface area contributed by atoms with Gasteiger partial charge < -0.3 is 5.32 Å². The van der Waals surface area contributed by atoms with Gasteiger partial charge in [0.15, 0.2) is 0 Å². The van der Waals surface area contributed by atoms with Gasteiger partial charge in [-0.05, 0) is 44.0 Å². The Labute approximate surface area is 111 Å². The van der Waals surface area contributed by atoms with Crippen molar-refractivity contribution >= 4 is 0 Å². The van der Waals surface area contributed by atoms with Crippen LogP contribution in [0, 0.1) is 0 Å². The Morgan fingerprint density at radius 3 is 2.50 bits per heavy atom. The maximum atomic E-state index is 3.46. The average Bonchev–Trinajstić information content (AvgIpc) is 2.94. The van der Waals surface area contributed by atoms with Crippen molar-refractivity contribution < 1.29 is 0 Å². The summed E-state index contributed by atoms with van der Waals surface area (Å²) in [6.45, 7) is 6.81. The van der Waals surface area contributed by atoms with Crippen LogP contribution in [0.2, 0.25) is 0 Å². The van der Waals surface area contributed by atoms with Crippen molar-refractivity contribution in [2.75, 3.05) is 20.1 Å². The van der Waals surface area contributed by atoms with Gasteiger partial charge in [0, 0.05) is 18.6 Å². The minimum Gasteiger partial charge on any atom is -0.315 e. The second kappa shape index (κ2) is 6.35. The normalized spacial score (nSPS) is 21.4. The van der Waals surface area contributed by atoms with Gasteiger partial charge in [0.25, 0.3) is 0 Å². The summed E-state index contributed by atoms with van der Waals surface area (Å²) in [6.07, 6.45) is 3.58. The second-order valence-electron chi connectivity index (χ2n) is 5.33. The first kappa shape index (κ1) is 13.6. The molecule has 2 rings (SSSR count). The van der Waals surface area contributed by atoms with E-state index in [2.05, 4.69) is 55.4 Å². The first-order valence-corrected chi connectivity index (χ1v) is 7.27. The number of aryl methyl sites for hydroxylation is 1. The van der Waals surface area contributed by atoms with Crippen molar-refractivity contribution in [2.24, 2.45) is 0 Å². The highest BCUT2D eigenvalue weighted by Crippen LogP contribution is 2.26. The van der Waals surface area contributed by atoms with Gasteiger partial charge in [-0.2, -0.15) is 0 Å². The number of nitrogens with one attached hydrogen (secondary N) is 1. The van der Waals surface area contributed by atoms with Crippen molar-refractivity contribution in [3.8, 4) is 0 Å². The van der Waals surface area contributed by atoms with E-state index < -0.39 is 0 Å². The third kappa shape index (κ3) is 2.93. The van der Waals surface area contributed by atoms with Crippen LogP contribution < -0.4 is 5.32 Å². The van der Waals surface area contributed by atoms with E-state index in [-0.39, 0.29) is 0 Å². The summed E-state index contributed by atoms with van der Waals surface area (Å²) in [7, 11) is 2.28. The molecule has 1 saturated heterocycles. The lowest BCUT2D eigenvalue weighted by Gasteiger charge is -2.32. The van der Waals surface area contributed by atoms with Crippen molar-refractivity contribution in [1.29, 1.82) is 0 Å². The Kier molecular flexibility index (Phi) is 4.79. The predicted octanol–water partition coefficient (Wildman–Crippen LogP) is 2.99. The van der Waals surface area contributed by atoms with Gasteiger partial charge >= 0.3 is 0 Å². The van der Waals surface area contributed by atoms with Gasteiger partial charge in [0.1, 0.15) is 0 Å². The van der Waals surface area contributed by atoms with Crippen LogP contribution in [-0.4, -0.2) is 31.1 Å². The molecule has 2 nitrogen and oxygen atoms in total. The fourth-order valence-corrected chi connectivity index (χ4v) is 2.98. The third-order valence-electron chi connectivity index (χ3n) is 4.26. The van der Waals surface area contributed by atoms with Crippen LogP contribution in [0.25, 0.3) is 0 Å². The molecule has 0 spiro atoms. The highest BCUT2D eigenvalue weighted by atomic mass is 15.2. The number of rotatable bonds is 5. The molecule has 1 aliphatic rings. The highest BCUT2D eigenvalue weighted by molar-refractivity contribution is 5.25. The molecular formula is C16H26N2. The fourth-order valence-electron chi connectivity index (χ4n) is 2.98. The molecule has 1 heterocycles. The highest BCUT2D eigenvalue weighted by Gasteiger charge is 2.25. The molecule has 2 unspecified atom stereocenters. The molecule has 1 N–H and O–H groups in total. The van der Waals surface area contributed by atoms with Crippen LogP contribution in [0.3, 0.4) is 0 Å². The Morgan fingerprint density at radius 2 is 2.00 bits per heavy atom. The molecule has 2 atom stereocenters. The SMILES string of the molecule is CCc1ccc(C(CC)N(C)C2CCNC2)cc1. The molecule has 1 aliphatic heterocycles. The monoisotopic (exact) mass is 246 g/mol. The quantitative estimate of drug-likeness (QED) is 0.859. The zero-order valence-electron chi connectivity index (χ0n) is 11.9. The summed E-state index contributed by atoms with van der Waals surface area (Å²) in [6, 6.07) is 10.4. The van der Waals surface area contributed by atoms with Crippen LogP contribution >= 0.6 is 0 Å². The molecule has 1 aromatic rings. The van der Waals surface area contributed by atoms with Gasteiger partial charge in [-0.1, -0.05) is 38.1 Å². The van der Waals surface area contributed by atoms with Gasteiger partial charge in [0.2, 0.25) is 0 Å². The van der Waals surface area contributed by atoms with Crippen molar-refractivity contribution in [3.05, 3.63) is 35.4 Å². The summed E-state index contributed by atoms with van der Waals surface area (Å²) in [5.41, 5.74) is 2.89. The smallest absolute Gasteiger partial charge is 0.0345 e. The first-order valence-electron chi connectivity index (χ1n) is 7.27. The van der Waals surface area contributed by atoms with Crippen molar-refractivity contribution in [3.63, 3.8) is 0 Å². The Bertz CT molecular complexity index is 352. The van der Waals surface area contributed by atoms with E-state index in [4.69, 9.17) is 0 Å². The fraction of sp³-hybridized carbons (Fsp3) is 0.625. The summed E-state index contributed by atoms with van der Waals surface area (Å²) in [4.78, 5) is 2.56.